The highest BCUT2D eigenvalue weighted by Crippen LogP contribution is 2.41. The summed E-state index contributed by atoms with van der Waals surface area (Å²) in [5.74, 6) is -4.90. The number of alkyl halides is 5. The number of aromatic hydroxyl groups is 1. The van der Waals surface area contributed by atoms with Gasteiger partial charge in [0.25, 0.3) is 5.92 Å². The molecule has 31 heavy (non-hydrogen) atoms. The molecule has 1 aliphatic rings. The van der Waals surface area contributed by atoms with E-state index >= 15 is 0 Å². The third-order valence-corrected chi connectivity index (χ3v) is 5.70. The van der Waals surface area contributed by atoms with Crippen molar-refractivity contribution in [2.24, 2.45) is 11.8 Å². The third-order valence-electron chi connectivity index (χ3n) is 5.70. The number of fused-ring (bicyclic) bond motifs is 1. The van der Waals surface area contributed by atoms with Crippen molar-refractivity contribution in [3.05, 3.63) is 42.1 Å². The molecule has 1 saturated heterocycles. The Hall–Kier alpha value is -3.04. The number of halogens is 5. The van der Waals surface area contributed by atoms with Crippen molar-refractivity contribution in [3.8, 4) is 17.0 Å². The maximum atomic E-state index is 14.3. The zero-order valence-electron chi connectivity index (χ0n) is 16.7. The largest absolute Gasteiger partial charge is 0.507 e. The summed E-state index contributed by atoms with van der Waals surface area (Å²) in [6.45, 7) is 3.06. The number of pyridine rings is 1. The lowest BCUT2D eigenvalue weighted by atomic mass is 9.87. The minimum Gasteiger partial charge on any atom is -0.507 e. The smallest absolute Gasteiger partial charge is 0.416 e. The lowest BCUT2D eigenvalue weighted by Gasteiger charge is -2.41. The third kappa shape index (κ3) is 3.64. The Morgan fingerprint density at radius 2 is 1.74 bits per heavy atom. The standard InChI is InChI=1S/C21H19F5N4O/c1-11-9-30(10-12(2)20(11,22)23)19-18-15(4-3-7-27-18)17(28-29-19)14-6-5-13(8-16(14)31)21(24,25)26/h3-8,11-12,31H,9-10H2,1-2H3/t11-,12+. The molecular formula is C21H19F5N4O. The highest BCUT2D eigenvalue weighted by atomic mass is 19.4. The van der Waals surface area contributed by atoms with E-state index in [1.165, 1.54) is 20.0 Å². The Morgan fingerprint density at radius 1 is 1.06 bits per heavy atom. The normalized spacial score (nSPS) is 21.5. The van der Waals surface area contributed by atoms with Crippen LogP contribution in [0.2, 0.25) is 0 Å². The molecule has 4 rings (SSSR count). The first-order chi connectivity index (χ1) is 14.5. The fraction of sp³-hybridized carbons (Fsp3) is 0.381. The van der Waals surface area contributed by atoms with Crippen LogP contribution in [0.25, 0.3) is 22.2 Å². The highest BCUT2D eigenvalue weighted by Gasteiger charge is 2.47. The Morgan fingerprint density at radius 3 is 2.35 bits per heavy atom. The number of hydrogen-bond acceptors (Lipinski definition) is 5. The van der Waals surface area contributed by atoms with Crippen molar-refractivity contribution in [1.82, 2.24) is 15.2 Å². The van der Waals surface area contributed by atoms with Crippen molar-refractivity contribution in [3.63, 3.8) is 0 Å². The minimum atomic E-state index is -4.60. The molecule has 1 aromatic carbocycles. The lowest BCUT2D eigenvalue weighted by molar-refractivity contribution is -0.137. The minimum absolute atomic E-state index is 0.0581. The van der Waals surface area contributed by atoms with Crippen molar-refractivity contribution in [2.75, 3.05) is 18.0 Å². The topological polar surface area (TPSA) is 62.1 Å². The van der Waals surface area contributed by atoms with Gasteiger partial charge in [0.2, 0.25) is 0 Å². The van der Waals surface area contributed by atoms with Crippen LogP contribution in [0, 0.1) is 11.8 Å². The predicted molar refractivity (Wildman–Crippen MR) is 105 cm³/mol. The zero-order valence-corrected chi connectivity index (χ0v) is 16.7. The summed E-state index contributed by atoms with van der Waals surface area (Å²) in [5, 5.41) is 19.0. The van der Waals surface area contributed by atoms with E-state index in [0.29, 0.717) is 22.8 Å². The Kier molecular flexibility index (Phi) is 4.98. The van der Waals surface area contributed by atoms with Crippen LogP contribution in [-0.4, -0.2) is 39.3 Å². The quantitative estimate of drug-likeness (QED) is 0.561. The predicted octanol–water partition coefficient (Wildman–Crippen LogP) is 5.14. The van der Waals surface area contributed by atoms with Crippen LogP contribution in [0.4, 0.5) is 27.8 Å². The molecule has 1 aliphatic heterocycles. The van der Waals surface area contributed by atoms with Crippen LogP contribution in [0.5, 0.6) is 5.75 Å². The van der Waals surface area contributed by atoms with Gasteiger partial charge >= 0.3 is 6.18 Å². The molecule has 3 heterocycles. The van der Waals surface area contributed by atoms with Crippen LogP contribution in [-0.2, 0) is 6.18 Å². The molecule has 3 aromatic rings. The highest BCUT2D eigenvalue weighted by molar-refractivity contribution is 5.98. The first-order valence-corrected chi connectivity index (χ1v) is 9.65. The average Bonchev–Trinajstić information content (AvgIpc) is 2.71. The molecule has 5 nitrogen and oxygen atoms in total. The van der Waals surface area contributed by atoms with Gasteiger partial charge in [0.15, 0.2) is 5.82 Å². The summed E-state index contributed by atoms with van der Waals surface area (Å²) in [7, 11) is 0. The number of hydrogen-bond donors (Lipinski definition) is 1. The molecule has 0 saturated carbocycles. The summed E-state index contributed by atoms with van der Waals surface area (Å²) < 4.78 is 67.3. The first-order valence-electron chi connectivity index (χ1n) is 9.65. The van der Waals surface area contributed by atoms with Crippen LogP contribution in [0.15, 0.2) is 36.5 Å². The molecule has 10 heteroatoms. The number of benzene rings is 1. The SMILES string of the molecule is C[C@@H]1CN(c2nnc(-c3ccc(C(F)(F)F)cc3O)c3cccnc23)C[C@H](C)C1(F)F. The van der Waals surface area contributed by atoms with E-state index in [2.05, 4.69) is 15.2 Å². The second-order valence-corrected chi connectivity index (χ2v) is 7.88. The van der Waals surface area contributed by atoms with Gasteiger partial charge in [-0.05, 0) is 30.3 Å². The van der Waals surface area contributed by atoms with Gasteiger partial charge in [-0.15, -0.1) is 10.2 Å². The van der Waals surface area contributed by atoms with Gasteiger partial charge in [-0.1, -0.05) is 13.8 Å². The molecule has 0 aliphatic carbocycles. The number of phenolic OH excluding ortho intramolecular Hbond substituents is 1. The Balaban J connectivity index is 1.80. The van der Waals surface area contributed by atoms with Crippen molar-refractivity contribution < 1.29 is 27.1 Å². The number of aromatic nitrogens is 3. The van der Waals surface area contributed by atoms with Gasteiger partial charge in [0.05, 0.1) is 5.56 Å². The summed E-state index contributed by atoms with van der Waals surface area (Å²) in [4.78, 5) is 6.02. The Bertz CT molecular complexity index is 1120. The van der Waals surface area contributed by atoms with Crippen LogP contribution >= 0.6 is 0 Å². The van der Waals surface area contributed by atoms with Crippen molar-refractivity contribution >= 4 is 16.7 Å². The van der Waals surface area contributed by atoms with E-state index in [9.17, 15) is 27.1 Å². The van der Waals surface area contributed by atoms with Crippen LogP contribution in [0.3, 0.4) is 0 Å². The molecule has 0 radical (unpaired) electrons. The molecule has 164 valence electrons. The number of rotatable bonds is 2. The summed E-state index contributed by atoms with van der Waals surface area (Å²) in [5.41, 5.74) is -0.395. The van der Waals surface area contributed by atoms with Crippen LogP contribution in [0.1, 0.15) is 19.4 Å². The molecular weight excluding hydrogens is 419 g/mol. The van der Waals surface area contributed by atoms with E-state index in [4.69, 9.17) is 0 Å². The zero-order chi connectivity index (χ0) is 22.6. The molecule has 1 N–H and O–H groups in total. The van der Waals surface area contributed by atoms with Gasteiger partial charge in [-0.2, -0.15) is 13.2 Å². The second-order valence-electron chi connectivity index (χ2n) is 7.88. The average molecular weight is 438 g/mol. The van der Waals surface area contributed by atoms with Gasteiger partial charge < -0.3 is 10.0 Å². The molecule has 2 atom stereocenters. The van der Waals surface area contributed by atoms with Crippen molar-refractivity contribution in [1.29, 1.82) is 0 Å². The number of phenols is 1. The summed E-state index contributed by atoms with van der Waals surface area (Å²) in [6, 6.07) is 5.87. The van der Waals surface area contributed by atoms with Gasteiger partial charge in [-0.25, -0.2) is 8.78 Å². The van der Waals surface area contributed by atoms with Gasteiger partial charge in [0, 0.05) is 42.1 Å². The fourth-order valence-electron chi connectivity index (χ4n) is 3.93. The molecule has 0 unspecified atom stereocenters. The number of anilines is 1. The van der Waals surface area contributed by atoms with Gasteiger partial charge in [-0.3, -0.25) is 4.98 Å². The van der Waals surface area contributed by atoms with Crippen molar-refractivity contribution in [2.45, 2.75) is 25.9 Å². The number of piperidine rings is 1. The van der Waals surface area contributed by atoms with Crippen LogP contribution < -0.4 is 4.90 Å². The van der Waals surface area contributed by atoms with E-state index < -0.39 is 35.2 Å². The monoisotopic (exact) mass is 438 g/mol. The second kappa shape index (κ2) is 7.28. The summed E-state index contributed by atoms with van der Waals surface area (Å²) >= 11 is 0. The fourth-order valence-corrected chi connectivity index (χ4v) is 3.93. The maximum Gasteiger partial charge on any atom is 0.416 e. The van der Waals surface area contributed by atoms with Gasteiger partial charge in [0.1, 0.15) is 17.0 Å². The van der Waals surface area contributed by atoms with E-state index in [0.717, 1.165) is 12.1 Å². The maximum absolute atomic E-state index is 14.3. The molecule has 1 fully saturated rings. The number of nitrogens with zero attached hydrogens (tertiary/aromatic N) is 4. The van der Waals surface area contributed by atoms with E-state index in [-0.39, 0.29) is 24.3 Å². The molecule has 0 amide bonds. The molecule has 0 spiro atoms. The lowest BCUT2D eigenvalue weighted by Crippen LogP contribution is -2.52. The Labute approximate surface area is 174 Å². The first kappa shape index (κ1) is 21.2. The molecule has 0 bridgehead atoms. The summed E-state index contributed by atoms with van der Waals surface area (Å²) in [6.07, 6.45) is -3.09. The van der Waals surface area contributed by atoms with E-state index in [1.807, 2.05) is 0 Å². The van der Waals surface area contributed by atoms with E-state index in [1.54, 1.807) is 17.0 Å². The molecule has 2 aromatic heterocycles.